The zero-order chi connectivity index (χ0) is 18.6. The van der Waals surface area contributed by atoms with Crippen LogP contribution in [-0.2, 0) is 13.2 Å². The van der Waals surface area contributed by atoms with Gasteiger partial charge in [0.25, 0.3) is 5.56 Å². The fourth-order valence-electron chi connectivity index (χ4n) is 2.91. The molecule has 0 radical (unpaired) electrons. The van der Waals surface area contributed by atoms with E-state index in [9.17, 15) is 4.79 Å². The molecule has 6 nitrogen and oxygen atoms in total. The summed E-state index contributed by atoms with van der Waals surface area (Å²) < 4.78 is 7.41. The van der Waals surface area contributed by atoms with Crippen molar-refractivity contribution in [3.05, 3.63) is 76.8 Å². The first-order valence-corrected chi connectivity index (χ1v) is 8.97. The van der Waals surface area contributed by atoms with Gasteiger partial charge in [-0.15, -0.1) is 0 Å². The van der Waals surface area contributed by atoms with Crippen LogP contribution < -0.4 is 10.3 Å². The predicted octanol–water partition coefficient (Wildman–Crippen LogP) is 3.78. The number of imidazole rings is 1. The molecule has 0 spiro atoms. The number of rotatable bonds is 6. The number of aromatic nitrogens is 4. The van der Waals surface area contributed by atoms with E-state index in [0.29, 0.717) is 30.1 Å². The van der Waals surface area contributed by atoms with Crippen molar-refractivity contribution in [3.8, 4) is 17.1 Å². The molecule has 0 bridgehead atoms. The molecule has 0 aliphatic rings. The van der Waals surface area contributed by atoms with Gasteiger partial charge in [0.05, 0.1) is 0 Å². The van der Waals surface area contributed by atoms with Crippen LogP contribution >= 0.6 is 0 Å². The second-order valence-electron chi connectivity index (χ2n) is 6.33. The number of benzene rings is 2. The molecule has 6 heteroatoms. The summed E-state index contributed by atoms with van der Waals surface area (Å²) in [6.45, 7) is 3.19. The molecule has 4 rings (SSSR count). The van der Waals surface area contributed by atoms with E-state index in [1.54, 1.807) is 10.9 Å². The molecule has 0 saturated heterocycles. The second-order valence-corrected chi connectivity index (χ2v) is 6.33. The number of ether oxygens (including phenoxy) is 1. The largest absolute Gasteiger partial charge is 0.489 e. The summed E-state index contributed by atoms with van der Waals surface area (Å²) in [6, 6.07) is 17.7. The Kier molecular flexibility index (Phi) is 4.70. The first-order valence-electron chi connectivity index (χ1n) is 8.97. The monoisotopic (exact) mass is 360 g/mol. The summed E-state index contributed by atoms with van der Waals surface area (Å²) >= 11 is 0. The van der Waals surface area contributed by atoms with Gasteiger partial charge < -0.3 is 9.72 Å². The van der Waals surface area contributed by atoms with Gasteiger partial charge in [-0.05, 0) is 36.2 Å². The molecule has 4 aromatic rings. The molecule has 0 amide bonds. The van der Waals surface area contributed by atoms with Gasteiger partial charge >= 0.3 is 0 Å². The average Bonchev–Trinajstić information content (AvgIpc) is 3.15. The third-order valence-electron chi connectivity index (χ3n) is 4.32. The third-order valence-corrected chi connectivity index (χ3v) is 4.32. The Morgan fingerprint density at radius 1 is 1.07 bits per heavy atom. The van der Waals surface area contributed by atoms with Crippen molar-refractivity contribution in [2.75, 3.05) is 0 Å². The summed E-state index contributed by atoms with van der Waals surface area (Å²) in [5.41, 5.74) is 2.77. The fraction of sp³-hybridized carbons (Fsp3) is 0.190. The molecular weight excluding hydrogens is 340 g/mol. The highest BCUT2D eigenvalue weighted by molar-refractivity contribution is 5.74. The van der Waals surface area contributed by atoms with Crippen LogP contribution in [0.2, 0.25) is 0 Å². The van der Waals surface area contributed by atoms with Crippen molar-refractivity contribution >= 4 is 11.2 Å². The van der Waals surface area contributed by atoms with Crippen LogP contribution in [0, 0.1) is 0 Å². The summed E-state index contributed by atoms with van der Waals surface area (Å²) in [5, 5.41) is 0. The first-order chi connectivity index (χ1) is 13.2. The number of nitrogens with one attached hydrogen (secondary N) is 1. The van der Waals surface area contributed by atoms with Gasteiger partial charge in [0.1, 0.15) is 24.5 Å². The van der Waals surface area contributed by atoms with Crippen LogP contribution in [0.15, 0.2) is 65.7 Å². The van der Waals surface area contributed by atoms with Crippen LogP contribution in [-0.4, -0.2) is 19.5 Å². The van der Waals surface area contributed by atoms with E-state index in [1.807, 2.05) is 61.5 Å². The lowest BCUT2D eigenvalue weighted by Crippen LogP contribution is -2.20. The van der Waals surface area contributed by atoms with Crippen LogP contribution in [0.3, 0.4) is 0 Å². The number of nitrogens with zero attached hydrogens (tertiary/aromatic N) is 3. The summed E-state index contributed by atoms with van der Waals surface area (Å²) in [7, 11) is 0. The van der Waals surface area contributed by atoms with Gasteiger partial charge in [-0.3, -0.25) is 9.36 Å². The lowest BCUT2D eigenvalue weighted by molar-refractivity contribution is 0.306. The van der Waals surface area contributed by atoms with Gasteiger partial charge in [0.15, 0.2) is 11.2 Å². The molecule has 2 aromatic heterocycles. The first kappa shape index (κ1) is 17.0. The van der Waals surface area contributed by atoms with Gasteiger partial charge in [-0.25, -0.2) is 9.97 Å². The topological polar surface area (TPSA) is 72.8 Å². The lowest BCUT2D eigenvalue weighted by atomic mass is 10.2. The smallest absolute Gasteiger partial charge is 0.279 e. The Labute approximate surface area is 156 Å². The van der Waals surface area contributed by atoms with Gasteiger partial charge in [0, 0.05) is 12.1 Å². The molecule has 2 aromatic carbocycles. The highest BCUT2D eigenvalue weighted by atomic mass is 16.5. The number of aryl methyl sites for hydroxylation is 1. The molecule has 0 aliphatic carbocycles. The van der Waals surface area contributed by atoms with E-state index in [0.717, 1.165) is 23.3 Å². The van der Waals surface area contributed by atoms with E-state index in [1.165, 1.54) is 0 Å². The number of aromatic amines is 1. The Hall–Kier alpha value is -3.41. The van der Waals surface area contributed by atoms with Crippen molar-refractivity contribution in [2.24, 2.45) is 0 Å². The predicted molar refractivity (Wildman–Crippen MR) is 105 cm³/mol. The third kappa shape index (κ3) is 3.60. The highest BCUT2D eigenvalue weighted by Crippen LogP contribution is 2.22. The molecule has 0 fully saturated rings. The Balaban J connectivity index is 1.55. The number of hydrogen-bond donors (Lipinski definition) is 1. The average molecular weight is 360 g/mol. The number of hydrogen-bond acceptors (Lipinski definition) is 4. The van der Waals surface area contributed by atoms with Crippen molar-refractivity contribution in [3.63, 3.8) is 0 Å². The molecule has 27 heavy (non-hydrogen) atoms. The molecule has 0 aliphatic heterocycles. The molecule has 2 heterocycles. The van der Waals surface area contributed by atoms with E-state index >= 15 is 0 Å². The zero-order valence-corrected chi connectivity index (χ0v) is 15.1. The van der Waals surface area contributed by atoms with Gasteiger partial charge in [-0.2, -0.15) is 0 Å². The SMILES string of the molecule is CCCn1cnc2nc(-c3ccc(OCc4ccccc4)cc3)[nH]c2c1=O. The molecule has 0 atom stereocenters. The lowest BCUT2D eigenvalue weighted by Gasteiger charge is -2.06. The fourth-order valence-corrected chi connectivity index (χ4v) is 2.91. The van der Waals surface area contributed by atoms with Crippen LogP contribution in [0.25, 0.3) is 22.6 Å². The summed E-state index contributed by atoms with van der Waals surface area (Å²) in [6.07, 6.45) is 2.43. The minimum absolute atomic E-state index is 0.0941. The maximum absolute atomic E-state index is 12.5. The zero-order valence-electron chi connectivity index (χ0n) is 15.1. The molecule has 0 saturated carbocycles. The minimum atomic E-state index is -0.0941. The Bertz CT molecular complexity index is 1100. The normalized spacial score (nSPS) is 11.0. The van der Waals surface area contributed by atoms with Gasteiger partial charge in [-0.1, -0.05) is 37.3 Å². The van der Waals surface area contributed by atoms with E-state index in [-0.39, 0.29) is 5.56 Å². The summed E-state index contributed by atoms with van der Waals surface area (Å²) in [4.78, 5) is 24.3. The van der Waals surface area contributed by atoms with Gasteiger partial charge in [0.2, 0.25) is 0 Å². The van der Waals surface area contributed by atoms with E-state index < -0.39 is 0 Å². The maximum Gasteiger partial charge on any atom is 0.279 e. The quantitative estimate of drug-likeness (QED) is 0.568. The molecule has 1 N–H and O–H groups in total. The minimum Gasteiger partial charge on any atom is -0.489 e. The molecular formula is C21H20N4O2. The summed E-state index contributed by atoms with van der Waals surface area (Å²) in [5.74, 6) is 1.40. The number of H-pyrrole nitrogens is 1. The van der Waals surface area contributed by atoms with Crippen LogP contribution in [0.4, 0.5) is 0 Å². The number of fused-ring (bicyclic) bond motifs is 1. The van der Waals surface area contributed by atoms with Crippen LogP contribution in [0.5, 0.6) is 5.75 Å². The Morgan fingerprint density at radius 3 is 2.59 bits per heavy atom. The van der Waals surface area contributed by atoms with Crippen molar-refractivity contribution in [1.82, 2.24) is 19.5 Å². The Morgan fingerprint density at radius 2 is 1.85 bits per heavy atom. The van der Waals surface area contributed by atoms with Crippen molar-refractivity contribution < 1.29 is 4.74 Å². The second kappa shape index (κ2) is 7.45. The standard InChI is InChI=1S/C21H20N4O2/c1-2-12-25-14-22-20-18(21(25)26)23-19(24-20)16-8-10-17(11-9-16)27-13-15-6-4-3-5-7-15/h3-11,14H,2,12-13H2,1H3,(H,23,24). The van der Waals surface area contributed by atoms with Crippen LogP contribution in [0.1, 0.15) is 18.9 Å². The van der Waals surface area contributed by atoms with E-state index in [2.05, 4.69) is 15.0 Å². The van der Waals surface area contributed by atoms with E-state index in [4.69, 9.17) is 4.74 Å². The van der Waals surface area contributed by atoms with Crippen molar-refractivity contribution in [1.29, 1.82) is 0 Å². The molecule has 136 valence electrons. The highest BCUT2D eigenvalue weighted by Gasteiger charge is 2.11. The maximum atomic E-state index is 12.5. The molecule has 0 unspecified atom stereocenters. The van der Waals surface area contributed by atoms with Crippen molar-refractivity contribution in [2.45, 2.75) is 26.5 Å².